The van der Waals surface area contributed by atoms with E-state index in [0.29, 0.717) is 25.9 Å². The molecule has 0 amide bonds. The zero-order valence-electron chi connectivity index (χ0n) is 15.0. The van der Waals surface area contributed by atoms with Crippen molar-refractivity contribution in [2.24, 2.45) is 11.5 Å². The number of hydrogen-bond donors (Lipinski definition) is 4. The van der Waals surface area contributed by atoms with Crippen LogP contribution in [0, 0.1) is 0 Å². The predicted octanol–water partition coefficient (Wildman–Crippen LogP) is 1.63. The second-order valence-corrected chi connectivity index (χ2v) is 7.20. The summed E-state index contributed by atoms with van der Waals surface area (Å²) in [5.41, 5.74) is 12.3. The lowest BCUT2D eigenvalue weighted by Crippen LogP contribution is -2.41. The van der Waals surface area contributed by atoms with Gasteiger partial charge in [0.15, 0.2) is 0 Å². The summed E-state index contributed by atoms with van der Waals surface area (Å²) in [5.74, 6) is 0. The van der Waals surface area contributed by atoms with E-state index in [4.69, 9.17) is 21.3 Å². The number of hydroxylamine groups is 2. The van der Waals surface area contributed by atoms with Crippen LogP contribution >= 0.6 is 0 Å². The van der Waals surface area contributed by atoms with E-state index in [-0.39, 0.29) is 24.3 Å². The molecule has 0 radical (unpaired) electrons. The number of nitrogens with two attached hydrogens (primary N) is 2. The number of hydrogen-bond acceptors (Lipinski definition) is 6. The smallest absolute Gasteiger partial charge is 0.0725 e. The lowest BCUT2D eigenvalue weighted by atomic mass is 9.90. The molecule has 25 heavy (non-hydrogen) atoms. The highest BCUT2D eigenvalue weighted by atomic mass is 16.5. The first-order valence-electron chi connectivity index (χ1n) is 9.31. The molecule has 6 heteroatoms. The zero-order chi connectivity index (χ0) is 18.1. The summed E-state index contributed by atoms with van der Waals surface area (Å²) in [6, 6.07) is 10.2. The largest absolute Gasteiger partial charge is 0.393 e. The summed E-state index contributed by atoms with van der Waals surface area (Å²) in [5, 5.41) is 20.3. The summed E-state index contributed by atoms with van der Waals surface area (Å²) in [6.07, 6.45) is 5.65. The second-order valence-electron chi connectivity index (χ2n) is 7.20. The molecule has 3 unspecified atom stereocenters. The molecule has 3 rings (SSSR count). The number of rotatable bonds is 4. The lowest BCUT2D eigenvalue weighted by molar-refractivity contribution is -0.136. The van der Waals surface area contributed by atoms with Gasteiger partial charge in [-0.15, -0.1) is 0 Å². The average Bonchev–Trinajstić information content (AvgIpc) is 2.56. The summed E-state index contributed by atoms with van der Waals surface area (Å²) < 4.78 is 5.58. The van der Waals surface area contributed by atoms with Crippen LogP contribution in [0.5, 0.6) is 0 Å². The highest BCUT2D eigenvalue weighted by Crippen LogP contribution is 2.15. The molecule has 0 bridgehead atoms. The number of ether oxygens (including phenoxy) is 1. The summed E-state index contributed by atoms with van der Waals surface area (Å²) in [6.45, 7) is 2.01. The van der Waals surface area contributed by atoms with E-state index in [0.717, 1.165) is 31.4 Å². The maximum Gasteiger partial charge on any atom is 0.0725 e. The van der Waals surface area contributed by atoms with Crippen LogP contribution < -0.4 is 11.5 Å². The highest BCUT2D eigenvalue weighted by molar-refractivity contribution is 5.14. The van der Waals surface area contributed by atoms with E-state index in [1.807, 2.05) is 30.3 Å². The monoisotopic (exact) mass is 351 g/mol. The summed E-state index contributed by atoms with van der Waals surface area (Å²) in [7, 11) is 0. The Morgan fingerprint density at radius 2 is 1.72 bits per heavy atom. The summed E-state index contributed by atoms with van der Waals surface area (Å²) in [4.78, 5) is 0. The first-order chi connectivity index (χ1) is 12.0. The van der Waals surface area contributed by atoms with Gasteiger partial charge in [-0.3, -0.25) is 0 Å². The first-order valence-corrected chi connectivity index (χ1v) is 9.31. The third-order valence-corrected chi connectivity index (χ3v) is 4.65. The van der Waals surface area contributed by atoms with Crippen LogP contribution in [0.3, 0.4) is 0 Å². The maximum atomic E-state index is 9.81. The number of benzene rings is 1. The normalized spacial score (nSPS) is 29.8. The van der Waals surface area contributed by atoms with Crippen molar-refractivity contribution in [3.05, 3.63) is 35.9 Å². The molecule has 6 N–H and O–H groups in total. The summed E-state index contributed by atoms with van der Waals surface area (Å²) >= 11 is 0. The quantitative estimate of drug-likeness (QED) is 0.615. The van der Waals surface area contributed by atoms with E-state index < -0.39 is 0 Å². The lowest BCUT2D eigenvalue weighted by Gasteiger charge is -2.27. The Labute approximate surface area is 150 Å². The molecule has 1 heterocycles. The van der Waals surface area contributed by atoms with Gasteiger partial charge in [0.25, 0.3) is 0 Å². The number of nitrogens with zero attached hydrogens (tertiary/aromatic N) is 1. The Balaban J connectivity index is 0.000000212. The molecule has 142 valence electrons. The SMILES string of the molecule is NC1CC(N)CC(O)C1.ON(Cc1ccccc1)CC1CCCCO1. The molecule has 1 aliphatic heterocycles. The van der Waals surface area contributed by atoms with E-state index in [2.05, 4.69) is 0 Å². The fraction of sp³-hybridized carbons (Fsp3) is 0.684. The fourth-order valence-electron chi connectivity index (χ4n) is 3.42. The molecular formula is C19H33N3O3. The number of aliphatic hydroxyl groups excluding tert-OH is 1. The highest BCUT2D eigenvalue weighted by Gasteiger charge is 2.22. The van der Waals surface area contributed by atoms with E-state index >= 15 is 0 Å². The molecule has 2 fully saturated rings. The van der Waals surface area contributed by atoms with Crippen molar-refractivity contribution in [3.8, 4) is 0 Å². The third-order valence-electron chi connectivity index (χ3n) is 4.65. The fourth-order valence-corrected chi connectivity index (χ4v) is 3.42. The first kappa shape index (κ1) is 20.3. The van der Waals surface area contributed by atoms with Gasteiger partial charge in [-0.2, -0.15) is 5.06 Å². The molecule has 6 nitrogen and oxygen atoms in total. The van der Waals surface area contributed by atoms with Gasteiger partial charge in [0, 0.05) is 25.2 Å². The second kappa shape index (κ2) is 10.9. The Hall–Kier alpha value is -1.02. The van der Waals surface area contributed by atoms with Gasteiger partial charge in [0.1, 0.15) is 0 Å². The van der Waals surface area contributed by atoms with Crippen molar-refractivity contribution in [1.29, 1.82) is 0 Å². The van der Waals surface area contributed by atoms with Crippen LogP contribution in [-0.4, -0.2) is 52.8 Å². The van der Waals surface area contributed by atoms with Gasteiger partial charge in [0.2, 0.25) is 0 Å². The molecule has 1 saturated carbocycles. The molecule has 1 saturated heterocycles. The van der Waals surface area contributed by atoms with Crippen molar-refractivity contribution >= 4 is 0 Å². The van der Waals surface area contributed by atoms with Gasteiger partial charge in [0.05, 0.1) is 18.8 Å². The molecule has 1 aromatic carbocycles. The molecule has 1 aliphatic carbocycles. The van der Waals surface area contributed by atoms with Gasteiger partial charge < -0.3 is 26.5 Å². The van der Waals surface area contributed by atoms with Gasteiger partial charge >= 0.3 is 0 Å². The Morgan fingerprint density at radius 3 is 2.28 bits per heavy atom. The van der Waals surface area contributed by atoms with Crippen LogP contribution in [0.1, 0.15) is 44.1 Å². The van der Waals surface area contributed by atoms with Gasteiger partial charge in [-0.1, -0.05) is 30.3 Å². The minimum absolute atomic E-state index is 0.115. The Morgan fingerprint density at radius 1 is 1.04 bits per heavy atom. The van der Waals surface area contributed by atoms with Crippen molar-refractivity contribution in [2.75, 3.05) is 13.2 Å². The van der Waals surface area contributed by atoms with Gasteiger partial charge in [-0.05, 0) is 44.1 Å². The van der Waals surface area contributed by atoms with Crippen molar-refractivity contribution < 1.29 is 15.1 Å². The predicted molar refractivity (Wildman–Crippen MR) is 98.0 cm³/mol. The van der Waals surface area contributed by atoms with Crippen LogP contribution in [0.4, 0.5) is 0 Å². The minimum Gasteiger partial charge on any atom is -0.393 e. The maximum absolute atomic E-state index is 9.81. The molecule has 3 atom stereocenters. The average molecular weight is 351 g/mol. The standard InChI is InChI=1S/C13H19NO2.C6H14N2O/c15-14(10-12-6-2-1-3-7-12)11-13-8-4-5-9-16-13;7-4-1-5(8)3-6(9)2-4/h1-3,6-7,13,15H,4-5,8-11H2;4-6,9H,1-3,7-8H2. The van der Waals surface area contributed by atoms with Crippen molar-refractivity contribution in [1.82, 2.24) is 5.06 Å². The molecule has 0 aromatic heterocycles. The van der Waals surface area contributed by atoms with Crippen LogP contribution in [-0.2, 0) is 11.3 Å². The Kier molecular flexibility index (Phi) is 8.81. The van der Waals surface area contributed by atoms with E-state index in [1.54, 1.807) is 0 Å². The molecule has 1 aromatic rings. The van der Waals surface area contributed by atoms with Crippen molar-refractivity contribution in [2.45, 2.75) is 69.4 Å². The molecular weight excluding hydrogens is 318 g/mol. The van der Waals surface area contributed by atoms with Crippen LogP contribution in [0.2, 0.25) is 0 Å². The zero-order valence-corrected chi connectivity index (χ0v) is 15.0. The number of aliphatic hydroxyl groups is 1. The minimum atomic E-state index is -0.260. The third kappa shape index (κ3) is 8.27. The van der Waals surface area contributed by atoms with E-state index in [9.17, 15) is 5.21 Å². The van der Waals surface area contributed by atoms with Gasteiger partial charge in [-0.25, -0.2) is 0 Å². The van der Waals surface area contributed by atoms with Crippen molar-refractivity contribution in [3.63, 3.8) is 0 Å². The van der Waals surface area contributed by atoms with E-state index in [1.165, 1.54) is 11.5 Å². The van der Waals surface area contributed by atoms with Crippen LogP contribution in [0.15, 0.2) is 30.3 Å². The molecule has 2 aliphatic rings. The molecule has 0 spiro atoms. The topological polar surface area (TPSA) is 105 Å². The Bertz CT molecular complexity index is 443. The van der Waals surface area contributed by atoms with Crippen LogP contribution in [0.25, 0.3) is 0 Å².